The Balaban J connectivity index is -0.000000465. The van der Waals surface area contributed by atoms with Crippen molar-refractivity contribution >= 4 is 43.8 Å². The summed E-state index contributed by atoms with van der Waals surface area (Å²) in [6, 6.07) is 7.14. The summed E-state index contributed by atoms with van der Waals surface area (Å²) in [7, 11) is 0. The molecule has 0 unspecified atom stereocenters. The van der Waals surface area contributed by atoms with Gasteiger partial charge in [-0.1, -0.05) is 31.9 Å². The molecule has 8 nitrogen and oxygen atoms in total. The summed E-state index contributed by atoms with van der Waals surface area (Å²) in [6.45, 7) is 11.0. The molecule has 2 heterocycles. The minimum absolute atomic E-state index is 0. The number of carboxylic acids is 1. The molecule has 11 heteroatoms. The quantitative estimate of drug-likeness (QED) is 0.390. The van der Waals surface area contributed by atoms with Gasteiger partial charge in [-0.25, -0.2) is 0 Å². The fourth-order valence-corrected chi connectivity index (χ4v) is 2.69. The fraction of sp³-hybridized carbons (Fsp3) is 0.455. The zero-order valence-electron chi connectivity index (χ0n) is 20.1. The summed E-state index contributed by atoms with van der Waals surface area (Å²) in [4.78, 5) is 30.8. The van der Waals surface area contributed by atoms with Crippen molar-refractivity contribution in [1.82, 2.24) is 9.97 Å². The summed E-state index contributed by atoms with van der Waals surface area (Å²) < 4.78 is 6.75. The molecule has 0 saturated heterocycles. The first-order valence-corrected chi connectivity index (χ1v) is 11.2. The van der Waals surface area contributed by atoms with Crippen molar-refractivity contribution in [3.63, 3.8) is 0 Å². The van der Waals surface area contributed by atoms with Crippen molar-refractivity contribution in [2.24, 2.45) is 0 Å². The molecule has 0 radical (unpaired) electrons. The van der Waals surface area contributed by atoms with E-state index in [1.807, 2.05) is 12.1 Å². The third-order valence-corrected chi connectivity index (χ3v) is 5.03. The monoisotopic (exact) mass is 600 g/mol. The molecule has 0 aliphatic heterocycles. The van der Waals surface area contributed by atoms with Crippen LogP contribution in [0.5, 0.6) is 0 Å². The van der Waals surface area contributed by atoms with Crippen LogP contribution in [0.4, 0.5) is 0 Å². The number of carbonyl (C=O) groups excluding carboxylic acids is 1. The number of hydrogen-bond donors (Lipinski definition) is 2. The molecule has 33 heavy (non-hydrogen) atoms. The van der Waals surface area contributed by atoms with E-state index in [0.29, 0.717) is 18.0 Å². The summed E-state index contributed by atoms with van der Waals surface area (Å²) >= 11 is 6.62. The van der Waals surface area contributed by atoms with Gasteiger partial charge in [0.25, 0.3) is 0 Å². The number of carboxylic acid groups (broad SMARTS) is 1. The summed E-state index contributed by atoms with van der Waals surface area (Å²) in [5.41, 5.74) is -0.395. The number of esters is 1. The Morgan fingerprint density at radius 1 is 0.939 bits per heavy atom. The van der Waals surface area contributed by atoms with E-state index >= 15 is 0 Å². The SMILES string of the molecule is CC(C)(C(=O)O)c1cc(Br)ccn1.CCO.CCOC(=O)C(C)(C)c1cc(Br)ccn1.[Na+].[OH-]. The van der Waals surface area contributed by atoms with Crippen LogP contribution in [0.1, 0.15) is 52.9 Å². The van der Waals surface area contributed by atoms with E-state index in [1.165, 1.54) is 0 Å². The number of carbonyl (C=O) groups is 2. The Hall–Kier alpha value is -0.880. The third-order valence-electron chi connectivity index (χ3n) is 4.05. The number of pyridine rings is 2. The molecule has 0 atom stereocenters. The maximum atomic E-state index is 11.7. The van der Waals surface area contributed by atoms with E-state index in [2.05, 4.69) is 41.8 Å². The van der Waals surface area contributed by atoms with Gasteiger partial charge in [-0.05, 0) is 65.8 Å². The first-order valence-electron chi connectivity index (χ1n) is 9.60. The van der Waals surface area contributed by atoms with E-state index in [1.54, 1.807) is 66.1 Å². The van der Waals surface area contributed by atoms with Gasteiger partial charge in [-0.2, -0.15) is 0 Å². The van der Waals surface area contributed by atoms with E-state index < -0.39 is 16.8 Å². The molecule has 2 aromatic rings. The number of aliphatic carboxylic acids is 1. The summed E-state index contributed by atoms with van der Waals surface area (Å²) in [5, 5.41) is 16.5. The number of aliphatic hydroxyl groups excluding tert-OH is 1. The standard InChI is InChI=1S/C11H14BrNO2.C9H10BrNO2.C2H6O.Na.H2O/c1-4-15-10(14)11(2,3)9-7-8(12)5-6-13-9;1-9(2,8(12)13)7-5-6(10)3-4-11-7;1-2-3;;/h5-7H,4H2,1-3H3;3-5H,1-2H3,(H,12,13);3H,2H2,1H3;;1H2/q;;;+1;/p-1. The molecule has 0 saturated carbocycles. The topological polar surface area (TPSA) is 140 Å². The van der Waals surface area contributed by atoms with Crippen LogP contribution in [-0.2, 0) is 25.2 Å². The van der Waals surface area contributed by atoms with Gasteiger partial charge in [0.1, 0.15) is 10.8 Å². The van der Waals surface area contributed by atoms with Crippen LogP contribution in [0, 0.1) is 0 Å². The Morgan fingerprint density at radius 2 is 1.30 bits per heavy atom. The van der Waals surface area contributed by atoms with Gasteiger partial charge in [0.2, 0.25) is 0 Å². The second kappa shape index (κ2) is 17.5. The second-order valence-electron chi connectivity index (χ2n) is 7.31. The van der Waals surface area contributed by atoms with Crippen LogP contribution in [0.15, 0.2) is 45.6 Å². The molecule has 0 fully saturated rings. The largest absolute Gasteiger partial charge is 1.00 e. The zero-order valence-corrected chi connectivity index (χ0v) is 25.3. The molecular formula is C22H31Br2N2NaO6. The summed E-state index contributed by atoms with van der Waals surface area (Å²) in [6.07, 6.45) is 3.25. The number of hydrogen-bond acceptors (Lipinski definition) is 7. The van der Waals surface area contributed by atoms with Gasteiger partial charge < -0.3 is 20.4 Å². The van der Waals surface area contributed by atoms with Crippen LogP contribution in [0.25, 0.3) is 0 Å². The Labute approximate surface area is 234 Å². The molecule has 3 N–H and O–H groups in total. The van der Waals surface area contributed by atoms with Crippen molar-refractivity contribution in [3.8, 4) is 0 Å². The number of halogens is 2. The normalized spacial score (nSPS) is 10.1. The van der Waals surface area contributed by atoms with Crippen molar-refractivity contribution in [2.45, 2.75) is 52.4 Å². The fourth-order valence-electron chi connectivity index (χ4n) is 2.02. The predicted octanol–water partition coefficient (Wildman–Crippen LogP) is 1.72. The van der Waals surface area contributed by atoms with Crippen molar-refractivity contribution in [3.05, 3.63) is 57.0 Å². The number of aliphatic hydroxyl groups is 1. The number of nitrogens with zero attached hydrogens (tertiary/aromatic N) is 2. The zero-order chi connectivity index (χ0) is 24.2. The van der Waals surface area contributed by atoms with E-state index in [-0.39, 0.29) is 47.6 Å². The minimum Gasteiger partial charge on any atom is -0.870 e. The number of aromatic nitrogens is 2. The number of rotatable bonds is 5. The molecular weight excluding hydrogens is 571 g/mol. The van der Waals surface area contributed by atoms with Gasteiger partial charge in [0, 0.05) is 27.9 Å². The first-order chi connectivity index (χ1) is 14.3. The molecule has 0 spiro atoms. The Kier molecular flexibility index (Phi) is 19.5. The molecule has 0 amide bonds. The molecule has 180 valence electrons. The van der Waals surface area contributed by atoms with Crippen molar-refractivity contribution in [2.75, 3.05) is 13.2 Å². The maximum absolute atomic E-state index is 11.7. The van der Waals surface area contributed by atoms with Crippen LogP contribution in [0.2, 0.25) is 0 Å². The molecule has 2 aromatic heterocycles. The van der Waals surface area contributed by atoms with Crippen LogP contribution >= 0.6 is 31.9 Å². The predicted molar refractivity (Wildman–Crippen MR) is 129 cm³/mol. The molecule has 0 bridgehead atoms. The van der Waals surface area contributed by atoms with E-state index in [9.17, 15) is 9.59 Å². The van der Waals surface area contributed by atoms with E-state index in [0.717, 1.165) is 8.95 Å². The van der Waals surface area contributed by atoms with Gasteiger partial charge >= 0.3 is 41.5 Å². The van der Waals surface area contributed by atoms with Crippen LogP contribution in [-0.4, -0.2) is 50.8 Å². The number of ether oxygens (including phenoxy) is 1. The molecule has 0 aliphatic carbocycles. The summed E-state index contributed by atoms with van der Waals surface area (Å²) in [5.74, 6) is -1.13. The average Bonchev–Trinajstić information content (AvgIpc) is 2.69. The van der Waals surface area contributed by atoms with Gasteiger partial charge in [-0.15, -0.1) is 0 Å². The van der Waals surface area contributed by atoms with E-state index in [4.69, 9.17) is 14.9 Å². The third kappa shape index (κ3) is 12.4. The van der Waals surface area contributed by atoms with Gasteiger partial charge in [-0.3, -0.25) is 19.6 Å². The van der Waals surface area contributed by atoms with Crippen molar-refractivity contribution in [1.29, 1.82) is 0 Å². The molecule has 0 aromatic carbocycles. The Bertz CT molecular complexity index is 866. The van der Waals surface area contributed by atoms with Crippen LogP contribution < -0.4 is 29.6 Å². The minimum atomic E-state index is -0.941. The Morgan fingerprint density at radius 3 is 1.61 bits per heavy atom. The van der Waals surface area contributed by atoms with Crippen LogP contribution in [0.3, 0.4) is 0 Å². The first kappa shape index (κ1) is 36.7. The van der Waals surface area contributed by atoms with Gasteiger partial charge in [0.15, 0.2) is 0 Å². The second-order valence-corrected chi connectivity index (χ2v) is 9.14. The van der Waals surface area contributed by atoms with Gasteiger partial charge in [0.05, 0.1) is 18.0 Å². The molecule has 2 rings (SSSR count). The average molecular weight is 602 g/mol. The maximum Gasteiger partial charge on any atom is 1.00 e. The molecule has 0 aliphatic rings. The van der Waals surface area contributed by atoms with Crippen molar-refractivity contribution < 1.29 is 59.6 Å². The smallest absolute Gasteiger partial charge is 0.870 e.